The molecule has 6 nitrogen and oxygen atoms in total. The highest BCUT2D eigenvalue weighted by molar-refractivity contribution is 7.89. The van der Waals surface area contributed by atoms with Crippen LogP contribution in [-0.2, 0) is 10.0 Å². The van der Waals surface area contributed by atoms with Gasteiger partial charge in [-0.25, -0.2) is 13.1 Å². The molecule has 3 rings (SSSR count). The molecule has 114 valence electrons. The maximum atomic E-state index is 13.6. The van der Waals surface area contributed by atoms with Crippen LogP contribution in [0.2, 0.25) is 0 Å². The maximum Gasteiger partial charge on any atom is 0.304 e. The maximum absolute atomic E-state index is 13.6. The lowest BCUT2D eigenvalue weighted by Gasteiger charge is -2.17. The molecule has 1 N–H and O–H groups in total. The summed E-state index contributed by atoms with van der Waals surface area (Å²) in [6, 6.07) is 2.57. The molecular formula is C13H15FN2O4S. The van der Waals surface area contributed by atoms with Crippen molar-refractivity contribution in [3.8, 4) is 0 Å². The second-order valence-electron chi connectivity index (χ2n) is 5.69. The van der Waals surface area contributed by atoms with Gasteiger partial charge in [0.2, 0.25) is 15.8 Å². The van der Waals surface area contributed by atoms with Crippen molar-refractivity contribution in [3.63, 3.8) is 0 Å². The van der Waals surface area contributed by atoms with Crippen LogP contribution in [0.3, 0.4) is 0 Å². The second kappa shape index (κ2) is 5.03. The number of hydrogen-bond acceptors (Lipinski definition) is 4. The monoisotopic (exact) mass is 314 g/mol. The Kier molecular flexibility index (Phi) is 3.45. The zero-order chi connectivity index (χ0) is 15.2. The van der Waals surface area contributed by atoms with Crippen molar-refractivity contribution >= 4 is 15.7 Å². The third kappa shape index (κ3) is 3.06. The first-order valence-electron chi connectivity index (χ1n) is 6.85. The van der Waals surface area contributed by atoms with E-state index in [9.17, 15) is 22.9 Å². The third-order valence-corrected chi connectivity index (χ3v) is 5.43. The summed E-state index contributed by atoms with van der Waals surface area (Å²) in [5.41, 5.74) is -0.727. The van der Waals surface area contributed by atoms with Crippen LogP contribution in [0.15, 0.2) is 23.1 Å². The van der Waals surface area contributed by atoms with Gasteiger partial charge in [0, 0.05) is 18.2 Å². The fourth-order valence-corrected chi connectivity index (χ4v) is 3.92. The molecule has 0 radical (unpaired) electrons. The molecule has 0 unspecified atom stereocenters. The zero-order valence-corrected chi connectivity index (χ0v) is 12.0. The van der Waals surface area contributed by atoms with Crippen molar-refractivity contribution in [2.75, 3.05) is 0 Å². The van der Waals surface area contributed by atoms with Gasteiger partial charge in [0.1, 0.15) is 0 Å². The number of hydrogen-bond donors (Lipinski definition) is 1. The molecule has 0 spiro atoms. The average molecular weight is 314 g/mol. The molecule has 0 atom stereocenters. The Balaban J connectivity index is 1.83. The molecule has 0 saturated heterocycles. The predicted octanol–water partition coefficient (Wildman–Crippen LogP) is 2.20. The Hall–Kier alpha value is -1.54. The number of nitro benzene ring substituents is 1. The number of nitro groups is 1. The number of rotatable bonds is 6. The van der Waals surface area contributed by atoms with Gasteiger partial charge >= 0.3 is 5.69 Å². The van der Waals surface area contributed by atoms with Gasteiger partial charge in [0.15, 0.2) is 0 Å². The van der Waals surface area contributed by atoms with Gasteiger partial charge in [-0.1, -0.05) is 0 Å². The first kappa shape index (κ1) is 14.4. The van der Waals surface area contributed by atoms with Crippen LogP contribution in [0.5, 0.6) is 0 Å². The van der Waals surface area contributed by atoms with Gasteiger partial charge < -0.3 is 0 Å². The molecule has 2 fully saturated rings. The topological polar surface area (TPSA) is 89.3 Å². The van der Waals surface area contributed by atoms with Gasteiger partial charge in [-0.3, -0.25) is 10.1 Å². The standard InChI is InChI=1S/C13H15FN2O4S/c14-11-7-10(5-6-12(11)16(17)18)21(19,20)15-13(8-1-2-8)9-3-4-9/h5-9,13,15H,1-4H2. The molecular weight excluding hydrogens is 299 g/mol. The van der Waals surface area contributed by atoms with E-state index >= 15 is 0 Å². The van der Waals surface area contributed by atoms with Crippen LogP contribution in [-0.4, -0.2) is 19.4 Å². The third-order valence-electron chi connectivity index (χ3n) is 3.98. The number of sulfonamides is 1. The fraction of sp³-hybridized carbons (Fsp3) is 0.538. The summed E-state index contributed by atoms with van der Waals surface area (Å²) in [7, 11) is -3.85. The molecule has 0 aromatic heterocycles. The SMILES string of the molecule is O=[N+]([O-])c1ccc(S(=O)(=O)NC(C2CC2)C2CC2)cc1F. The van der Waals surface area contributed by atoms with Crippen molar-refractivity contribution in [2.24, 2.45) is 11.8 Å². The first-order chi connectivity index (χ1) is 9.88. The van der Waals surface area contributed by atoms with E-state index in [0.29, 0.717) is 17.9 Å². The van der Waals surface area contributed by atoms with Crippen LogP contribution >= 0.6 is 0 Å². The summed E-state index contributed by atoms with van der Waals surface area (Å²) in [4.78, 5) is 9.41. The highest BCUT2D eigenvalue weighted by atomic mass is 32.2. The van der Waals surface area contributed by atoms with Crippen molar-refractivity contribution in [3.05, 3.63) is 34.1 Å². The summed E-state index contributed by atoms with van der Waals surface area (Å²) in [6.07, 6.45) is 4.05. The summed E-state index contributed by atoms with van der Waals surface area (Å²) < 4.78 is 40.8. The van der Waals surface area contributed by atoms with E-state index in [1.54, 1.807) is 0 Å². The average Bonchev–Trinajstić information content (AvgIpc) is 3.27. The molecule has 0 amide bonds. The Labute approximate surface area is 121 Å². The van der Waals surface area contributed by atoms with Crippen LogP contribution in [0.4, 0.5) is 10.1 Å². The van der Waals surface area contributed by atoms with Crippen molar-refractivity contribution in [1.82, 2.24) is 4.72 Å². The minimum Gasteiger partial charge on any atom is -0.258 e. The number of nitrogens with zero attached hydrogens (tertiary/aromatic N) is 1. The minimum absolute atomic E-state index is 0.0896. The largest absolute Gasteiger partial charge is 0.304 e. The van der Waals surface area contributed by atoms with Crippen molar-refractivity contribution < 1.29 is 17.7 Å². The summed E-state index contributed by atoms with van der Waals surface area (Å²) in [5.74, 6) is -0.400. The zero-order valence-electron chi connectivity index (χ0n) is 11.2. The number of nitrogens with one attached hydrogen (secondary N) is 1. The van der Waals surface area contributed by atoms with Crippen molar-refractivity contribution in [2.45, 2.75) is 36.6 Å². The Morgan fingerprint density at radius 1 is 1.24 bits per heavy atom. The highest BCUT2D eigenvalue weighted by Crippen LogP contribution is 2.45. The molecule has 21 heavy (non-hydrogen) atoms. The Bertz CT molecular complexity index is 671. The molecule has 2 aliphatic carbocycles. The van der Waals surface area contributed by atoms with Crippen LogP contribution in [0, 0.1) is 27.8 Å². The highest BCUT2D eigenvalue weighted by Gasteiger charge is 2.43. The van der Waals surface area contributed by atoms with Gasteiger partial charge in [-0.15, -0.1) is 0 Å². The van der Waals surface area contributed by atoms with E-state index in [2.05, 4.69) is 4.72 Å². The molecule has 1 aromatic carbocycles. The molecule has 1 aromatic rings. The Morgan fingerprint density at radius 3 is 2.24 bits per heavy atom. The van der Waals surface area contributed by atoms with Gasteiger partial charge in [-0.05, 0) is 43.6 Å². The quantitative estimate of drug-likeness (QED) is 0.644. The number of halogens is 1. The number of benzene rings is 1. The van der Waals surface area contributed by atoms with E-state index in [1.165, 1.54) is 0 Å². The van der Waals surface area contributed by atoms with Crippen LogP contribution < -0.4 is 4.72 Å². The van der Waals surface area contributed by atoms with Crippen molar-refractivity contribution in [1.29, 1.82) is 0 Å². The molecule has 2 saturated carbocycles. The summed E-state index contributed by atoms with van der Waals surface area (Å²) in [5, 5.41) is 10.6. The first-order valence-corrected chi connectivity index (χ1v) is 8.33. The molecule has 0 aliphatic heterocycles. The van der Waals surface area contributed by atoms with Gasteiger partial charge in [0.25, 0.3) is 0 Å². The van der Waals surface area contributed by atoms with E-state index in [4.69, 9.17) is 0 Å². The molecule has 2 aliphatic rings. The van der Waals surface area contributed by atoms with Crippen LogP contribution in [0.25, 0.3) is 0 Å². The van der Waals surface area contributed by atoms with Gasteiger partial charge in [-0.2, -0.15) is 4.39 Å². The normalized spacial score (nSPS) is 19.0. The molecule has 8 heteroatoms. The molecule has 0 bridgehead atoms. The predicted molar refractivity (Wildman–Crippen MR) is 72.6 cm³/mol. The van der Waals surface area contributed by atoms with Gasteiger partial charge in [0.05, 0.1) is 9.82 Å². The lowest BCUT2D eigenvalue weighted by atomic mass is 10.1. The minimum atomic E-state index is -3.85. The van der Waals surface area contributed by atoms with E-state index < -0.39 is 26.5 Å². The van der Waals surface area contributed by atoms with E-state index in [0.717, 1.165) is 37.8 Å². The summed E-state index contributed by atoms with van der Waals surface area (Å²) >= 11 is 0. The second-order valence-corrected chi connectivity index (χ2v) is 7.41. The lowest BCUT2D eigenvalue weighted by molar-refractivity contribution is -0.387. The van der Waals surface area contributed by atoms with E-state index in [-0.39, 0.29) is 10.9 Å². The Morgan fingerprint density at radius 2 is 1.81 bits per heavy atom. The van der Waals surface area contributed by atoms with E-state index in [1.807, 2.05) is 0 Å². The van der Waals surface area contributed by atoms with Crippen LogP contribution in [0.1, 0.15) is 25.7 Å². The summed E-state index contributed by atoms with van der Waals surface area (Å²) in [6.45, 7) is 0. The lowest BCUT2D eigenvalue weighted by Crippen LogP contribution is -2.38. The fourth-order valence-electron chi connectivity index (χ4n) is 2.54. The molecule has 0 heterocycles. The smallest absolute Gasteiger partial charge is 0.258 e.